The molecular weight excluding hydrogens is 544 g/mol. The lowest BCUT2D eigenvalue weighted by Crippen LogP contribution is -2.28. The van der Waals surface area contributed by atoms with Crippen molar-refractivity contribution in [1.29, 1.82) is 0 Å². The van der Waals surface area contributed by atoms with E-state index in [1.807, 2.05) is 23.2 Å². The lowest BCUT2D eigenvalue weighted by molar-refractivity contribution is 0.0340. The van der Waals surface area contributed by atoms with Crippen molar-refractivity contribution < 1.29 is 33.3 Å². The molecule has 2 aromatic carbocycles. The van der Waals surface area contributed by atoms with Gasteiger partial charge < -0.3 is 44.5 Å². The van der Waals surface area contributed by atoms with Crippen molar-refractivity contribution >= 4 is 37.3 Å². The number of hydrogen-bond donors (Lipinski definition) is 3. The van der Waals surface area contributed by atoms with Gasteiger partial charge in [-0.25, -0.2) is 9.59 Å². The van der Waals surface area contributed by atoms with Gasteiger partial charge in [-0.3, -0.25) is 0 Å². The number of methoxy groups -OCH3 is 1. The summed E-state index contributed by atoms with van der Waals surface area (Å²) in [5.41, 5.74) is 2.74. The van der Waals surface area contributed by atoms with Gasteiger partial charge in [0.1, 0.15) is 24.3 Å². The molecule has 0 saturated carbocycles. The summed E-state index contributed by atoms with van der Waals surface area (Å²) in [7, 11) is 0.446. The van der Waals surface area contributed by atoms with Crippen LogP contribution in [-0.2, 0) is 25.5 Å². The molecule has 0 aliphatic carbocycles. The molecule has 222 valence electrons. The molecule has 2 heterocycles. The highest BCUT2D eigenvalue weighted by Crippen LogP contribution is 2.32. The maximum Gasteiger partial charge on any atom is 0.407 e. The third kappa shape index (κ3) is 9.69. The van der Waals surface area contributed by atoms with E-state index >= 15 is 0 Å². The summed E-state index contributed by atoms with van der Waals surface area (Å²) in [6.45, 7) is 9.89. The van der Waals surface area contributed by atoms with Gasteiger partial charge in [0.05, 0.1) is 25.9 Å². The van der Waals surface area contributed by atoms with Crippen molar-refractivity contribution in [2.24, 2.45) is 0 Å². The number of benzene rings is 2. The van der Waals surface area contributed by atoms with Gasteiger partial charge in [-0.05, 0) is 35.9 Å². The van der Waals surface area contributed by atoms with Crippen molar-refractivity contribution in [2.75, 3.05) is 51.0 Å². The number of nitrogens with one attached hydrogen (secondary N) is 3. The highest BCUT2D eigenvalue weighted by Gasteiger charge is 2.21. The fourth-order valence-corrected chi connectivity index (χ4v) is 4.93. The molecule has 3 amide bonds. The number of carbonyl (C=O) groups excluding carboxylic acids is 2. The van der Waals surface area contributed by atoms with Crippen molar-refractivity contribution in [2.45, 2.75) is 44.8 Å². The van der Waals surface area contributed by atoms with Crippen LogP contribution in [0.1, 0.15) is 17.5 Å². The van der Waals surface area contributed by atoms with Gasteiger partial charge in [0.15, 0.2) is 6.73 Å². The van der Waals surface area contributed by atoms with Crippen LogP contribution in [-0.4, -0.2) is 71.6 Å². The van der Waals surface area contributed by atoms with Crippen LogP contribution in [0.25, 0.3) is 5.76 Å². The molecule has 3 N–H and O–H groups in total. The third-order valence-corrected chi connectivity index (χ3v) is 8.15. The largest absolute Gasteiger partial charge is 0.496 e. The average Bonchev–Trinajstić information content (AvgIpc) is 3.62. The van der Waals surface area contributed by atoms with E-state index in [9.17, 15) is 9.59 Å². The first-order valence-electron chi connectivity index (χ1n) is 13.7. The van der Waals surface area contributed by atoms with Crippen molar-refractivity contribution in [3.63, 3.8) is 0 Å². The molecule has 11 nitrogen and oxygen atoms in total. The Morgan fingerprint density at radius 3 is 2.63 bits per heavy atom. The van der Waals surface area contributed by atoms with Crippen molar-refractivity contribution in [3.05, 3.63) is 59.8 Å². The zero-order valence-corrected chi connectivity index (χ0v) is 25.2. The highest BCUT2D eigenvalue weighted by molar-refractivity contribution is 6.76. The van der Waals surface area contributed by atoms with Gasteiger partial charge in [-0.15, -0.1) is 0 Å². The molecule has 4 rings (SSSR count). The summed E-state index contributed by atoms with van der Waals surface area (Å²) in [4.78, 5) is 26.7. The van der Waals surface area contributed by atoms with Crippen LogP contribution in [0.2, 0.25) is 25.7 Å². The maximum absolute atomic E-state index is 12.7. The molecule has 0 radical (unpaired) electrons. The van der Waals surface area contributed by atoms with Gasteiger partial charge in [-0.2, -0.15) is 0 Å². The molecule has 0 bridgehead atoms. The fourth-order valence-electron chi connectivity index (χ4n) is 4.17. The Hall–Kier alpha value is -3.74. The smallest absolute Gasteiger partial charge is 0.407 e. The van der Waals surface area contributed by atoms with E-state index in [-0.39, 0.29) is 12.6 Å². The molecule has 0 spiro atoms. The normalized spacial score (nSPS) is 16.5. The Balaban J connectivity index is 1.27. The summed E-state index contributed by atoms with van der Waals surface area (Å²) in [6.07, 6.45) is 1.92. The van der Waals surface area contributed by atoms with Crippen LogP contribution in [0.4, 0.5) is 21.0 Å². The minimum atomic E-state index is -1.13. The summed E-state index contributed by atoms with van der Waals surface area (Å²) in [5.74, 6) is 1.25. The quantitative estimate of drug-likeness (QED) is 0.229. The van der Waals surface area contributed by atoms with E-state index in [2.05, 4.69) is 35.6 Å². The second-order valence-electron chi connectivity index (χ2n) is 11.1. The standard InChI is InChI=1S/C29H40N4O7Si/c1-36-26-15-23(8-9-25(26)27-17-33(20-39-27)19-38-12-13-41(2,3)4)32-28(34)31-22-7-5-6-21(14-22)16-30-29(35)40-24-10-11-37-18-24/h5-9,14-15,17,24H,10-13,16,18-20H2,1-4H3,(H,30,35)(H2,31,32,34)/t24-/m0/s1. The number of ether oxygens (including phenoxy) is 5. The molecule has 2 aliphatic rings. The summed E-state index contributed by atoms with van der Waals surface area (Å²) in [6, 6.07) is 13.3. The molecule has 1 atom stereocenters. The zero-order valence-electron chi connectivity index (χ0n) is 24.2. The molecule has 0 unspecified atom stereocenters. The Labute approximate surface area is 242 Å². The Kier molecular flexibility index (Phi) is 10.5. The first kappa shape index (κ1) is 30.2. The van der Waals surface area contributed by atoms with E-state index in [1.165, 1.54) is 0 Å². The van der Waals surface area contributed by atoms with E-state index in [0.29, 0.717) is 56.0 Å². The first-order valence-corrected chi connectivity index (χ1v) is 17.4. The SMILES string of the molecule is COc1cc(NC(=O)Nc2cccc(CNC(=O)O[C@H]3CCOC3)c2)ccc1C1=CN(COCC[Si](C)(C)C)CO1. The number of hydrogen-bond acceptors (Lipinski definition) is 8. The highest BCUT2D eigenvalue weighted by atomic mass is 28.3. The second kappa shape index (κ2) is 14.2. The predicted octanol–water partition coefficient (Wildman–Crippen LogP) is 5.25. The number of urea groups is 1. The minimum Gasteiger partial charge on any atom is -0.496 e. The molecule has 12 heteroatoms. The van der Waals surface area contributed by atoms with Crippen LogP contribution in [0.15, 0.2) is 48.7 Å². The zero-order chi connectivity index (χ0) is 29.2. The summed E-state index contributed by atoms with van der Waals surface area (Å²) in [5, 5.41) is 8.37. The molecule has 1 fully saturated rings. The third-order valence-electron chi connectivity index (χ3n) is 6.45. The summed E-state index contributed by atoms with van der Waals surface area (Å²) >= 11 is 0. The predicted molar refractivity (Wildman–Crippen MR) is 159 cm³/mol. The number of carbonyl (C=O) groups is 2. The van der Waals surface area contributed by atoms with Crippen LogP contribution in [0, 0.1) is 0 Å². The fraction of sp³-hybridized carbons (Fsp3) is 0.448. The number of amides is 3. The maximum atomic E-state index is 12.7. The van der Waals surface area contributed by atoms with Crippen LogP contribution >= 0.6 is 0 Å². The van der Waals surface area contributed by atoms with E-state index < -0.39 is 20.2 Å². The van der Waals surface area contributed by atoms with E-state index in [0.717, 1.165) is 23.8 Å². The number of alkyl carbamates (subject to hydrolysis) is 1. The Morgan fingerprint density at radius 1 is 1.10 bits per heavy atom. The molecule has 0 aromatic heterocycles. The van der Waals surface area contributed by atoms with Crippen molar-refractivity contribution in [3.8, 4) is 5.75 Å². The van der Waals surface area contributed by atoms with Crippen LogP contribution < -0.4 is 20.7 Å². The minimum absolute atomic E-state index is 0.208. The van der Waals surface area contributed by atoms with Crippen LogP contribution in [0.5, 0.6) is 5.75 Å². The molecule has 41 heavy (non-hydrogen) atoms. The number of rotatable bonds is 12. The lowest BCUT2D eigenvalue weighted by atomic mass is 10.1. The monoisotopic (exact) mass is 584 g/mol. The van der Waals surface area contributed by atoms with Gasteiger partial charge in [0.2, 0.25) is 0 Å². The second-order valence-corrected chi connectivity index (χ2v) is 16.8. The lowest BCUT2D eigenvalue weighted by Gasteiger charge is -2.18. The molecule has 2 aliphatic heterocycles. The molecule has 1 saturated heterocycles. The van der Waals surface area contributed by atoms with Gasteiger partial charge >= 0.3 is 12.1 Å². The first-order chi connectivity index (χ1) is 19.7. The Morgan fingerprint density at radius 2 is 1.90 bits per heavy atom. The number of anilines is 2. The van der Waals surface area contributed by atoms with Crippen LogP contribution in [0.3, 0.4) is 0 Å². The van der Waals surface area contributed by atoms with Gasteiger partial charge in [0, 0.05) is 51.3 Å². The number of nitrogens with zero attached hydrogens (tertiary/aromatic N) is 1. The van der Waals surface area contributed by atoms with E-state index in [4.69, 9.17) is 23.7 Å². The van der Waals surface area contributed by atoms with Crippen molar-refractivity contribution in [1.82, 2.24) is 10.2 Å². The average molecular weight is 585 g/mol. The topological polar surface area (TPSA) is 120 Å². The van der Waals surface area contributed by atoms with E-state index in [1.54, 1.807) is 37.4 Å². The van der Waals surface area contributed by atoms with Gasteiger partial charge in [0.25, 0.3) is 0 Å². The van der Waals surface area contributed by atoms with Gasteiger partial charge in [-0.1, -0.05) is 31.8 Å². The Bertz CT molecular complexity index is 1230. The summed E-state index contributed by atoms with van der Waals surface area (Å²) < 4.78 is 27.8. The molecule has 2 aromatic rings. The molecular formula is C29H40N4O7Si.